The number of carbonyl (C=O) groups is 1. The molecule has 2 rings (SSSR count). The Kier molecular flexibility index (Phi) is 15.2. The van der Waals surface area contributed by atoms with Crippen molar-refractivity contribution in [2.45, 2.75) is 141 Å². The standard InChI is InChI=1S/C30H50O4/c1-4-6-8-10-12-17-21-26-23-28(24-27(33-26)22-18-13-11-9-7-5-2)34-29(30(31)32-3)25-19-15-14-16-20-25/h14-16,19-20,26-29H,4-13,17-18,21-24H2,1-3H3/t26-,27+,28?,29?. The van der Waals surface area contributed by atoms with Crippen molar-refractivity contribution in [3.63, 3.8) is 0 Å². The largest absolute Gasteiger partial charge is 0.467 e. The van der Waals surface area contributed by atoms with Gasteiger partial charge >= 0.3 is 5.97 Å². The molecule has 0 N–H and O–H groups in total. The number of esters is 1. The van der Waals surface area contributed by atoms with Crippen LogP contribution in [-0.2, 0) is 19.0 Å². The number of benzene rings is 1. The van der Waals surface area contributed by atoms with Gasteiger partial charge in [-0.2, -0.15) is 0 Å². The van der Waals surface area contributed by atoms with Gasteiger partial charge in [0.2, 0.25) is 0 Å². The molecular weight excluding hydrogens is 424 g/mol. The van der Waals surface area contributed by atoms with Crippen LogP contribution < -0.4 is 0 Å². The van der Waals surface area contributed by atoms with Gasteiger partial charge in [0.15, 0.2) is 6.10 Å². The third kappa shape index (κ3) is 11.4. The van der Waals surface area contributed by atoms with Crippen LogP contribution in [0.4, 0.5) is 0 Å². The first-order valence-corrected chi connectivity index (χ1v) is 14.1. The van der Waals surface area contributed by atoms with E-state index in [-0.39, 0.29) is 24.3 Å². The summed E-state index contributed by atoms with van der Waals surface area (Å²) in [5.74, 6) is -0.322. The summed E-state index contributed by atoms with van der Waals surface area (Å²) in [6.07, 6.45) is 19.3. The smallest absolute Gasteiger partial charge is 0.339 e. The van der Waals surface area contributed by atoms with E-state index in [0.717, 1.165) is 31.2 Å². The molecule has 1 heterocycles. The Hall–Kier alpha value is -1.39. The molecule has 4 nitrogen and oxygen atoms in total. The highest BCUT2D eigenvalue weighted by molar-refractivity contribution is 5.76. The predicted molar refractivity (Wildman–Crippen MR) is 140 cm³/mol. The molecule has 194 valence electrons. The average Bonchev–Trinajstić information content (AvgIpc) is 2.87. The molecule has 4 atom stereocenters. The molecule has 0 spiro atoms. The van der Waals surface area contributed by atoms with Crippen molar-refractivity contribution in [3.05, 3.63) is 35.9 Å². The Balaban J connectivity index is 1.93. The van der Waals surface area contributed by atoms with Crippen LogP contribution in [0, 0.1) is 0 Å². The molecule has 1 saturated heterocycles. The van der Waals surface area contributed by atoms with Gasteiger partial charge in [0.25, 0.3) is 0 Å². The molecule has 1 fully saturated rings. The summed E-state index contributed by atoms with van der Waals surface area (Å²) in [6, 6.07) is 9.74. The Morgan fingerprint density at radius 2 is 1.32 bits per heavy atom. The van der Waals surface area contributed by atoms with Crippen molar-refractivity contribution in [3.8, 4) is 0 Å². The van der Waals surface area contributed by atoms with Gasteiger partial charge in [0.05, 0.1) is 25.4 Å². The van der Waals surface area contributed by atoms with Crippen LogP contribution in [0.5, 0.6) is 0 Å². The SMILES string of the molecule is CCCCCCCC[C@@H]1CC(OC(C(=O)OC)c2ccccc2)C[C@H](CCCCCCCC)O1. The van der Waals surface area contributed by atoms with E-state index in [9.17, 15) is 4.79 Å². The van der Waals surface area contributed by atoms with Crippen molar-refractivity contribution in [2.75, 3.05) is 7.11 Å². The number of rotatable bonds is 18. The predicted octanol–water partition coefficient (Wildman–Crippen LogP) is 8.33. The summed E-state index contributed by atoms with van der Waals surface area (Å²) in [6.45, 7) is 4.52. The maximum Gasteiger partial charge on any atom is 0.339 e. The first-order valence-electron chi connectivity index (χ1n) is 14.1. The zero-order valence-corrected chi connectivity index (χ0v) is 22.1. The van der Waals surface area contributed by atoms with E-state index < -0.39 is 6.10 Å². The molecule has 0 aromatic heterocycles. The Bertz CT molecular complexity index is 608. The fourth-order valence-corrected chi connectivity index (χ4v) is 5.05. The zero-order chi connectivity index (χ0) is 24.4. The first-order chi connectivity index (χ1) is 16.7. The van der Waals surface area contributed by atoms with Crippen molar-refractivity contribution < 1.29 is 19.0 Å². The van der Waals surface area contributed by atoms with Crippen LogP contribution in [-0.4, -0.2) is 31.4 Å². The average molecular weight is 475 g/mol. The summed E-state index contributed by atoms with van der Waals surface area (Å²) in [5.41, 5.74) is 0.862. The van der Waals surface area contributed by atoms with Crippen LogP contribution in [0.15, 0.2) is 30.3 Å². The number of hydrogen-bond donors (Lipinski definition) is 0. The van der Waals surface area contributed by atoms with E-state index in [0.29, 0.717) is 0 Å². The Morgan fingerprint density at radius 1 is 0.824 bits per heavy atom. The lowest BCUT2D eigenvalue weighted by Crippen LogP contribution is -2.38. The Labute approximate surface area is 209 Å². The fraction of sp³-hybridized carbons (Fsp3) is 0.767. The van der Waals surface area contributed by atoms with Gasteiger partial charge in [-0.3, -0.25) is 0 Å². The van der Waals surface area contributed by atoms with Gasteiger partial charge < -0.3 is 14.2 Å². The molecular formula is C30H50O4. The Morgan fingerprint density at radius 3 is 1.82 bits per heavy atom. The van der Waals surface area contributed by atoms with Crippen LogP contribution in [0.3, 0.4) is 0 Å². The minimum atomic E-state index is -0.668. The highest BCUT2D eigenvalue weighted by Crippen LogP contribution is 2.32. The van der Waals surface area contributed by atoms with Gasteiger partial charge in [-0.25, -0.2) is 4.79 Å². The van der Waals surface area contributed by atoms with E-state index >= 15 is 0 Å². The molecule has 1 aromatic carbocycles. The van der Waals surface area contributed by atoms with E-state index in [1.807, 2.05) is 30.3 Å². The molecule has 1 aromatic rings. The van der Waals surface area contributed by atoms with Gasteiger partial charge in [-0.15, -0.1) is 0 Å². The minimum Gasteiger partial charge on any atom is -0.467 e. The third-order valence-corrected chi connectivity index (χ3v) is 7.04. The van der Waals surface area contributed by atoms with Crippen molar-refractivity contribution >= 4 is 5.97 Å². The lowest BCUT2D eigenvalue weighted by molar-refractivity contribution is -0.172. The number of unbranched alkanes of at least 4 members (excludes halogenated alkanes) is 10. The molecule has 1 aliphatic heterocycles. The van der Waals surface area contributed by atoms with E-state index in [4.69, 9.17) is 14.2 Å². The van der Waals surface area contributed by atoms with Gasteiger partial charge in [-0.1, -0.05) is 121 Å². The van der Waals surface area contributed by atoms with E-state index in [1.165, 1.54) is 84.2 Å². The minimum absolute atomic E-state index is 0.0215. The second-order valence-electron chi connectivity index (χ2n) is 10.0. The van der Waals surface area contributed by atoms with Crippen LogP contribution >= 0.6 is 0 Å². The molecule has 0 bridgehead atoms. The summed E-state index contributed by atoms with van der Waals surface area (Å²) < 4.78 is 18.1. The zero-order valence-electron chi connectivity index (χ0n) is 22.1. The monoisotopic (exact) mass is 474 g/mol. The number of carbonyl (C=O) groups excluding carboxylic acids is 1. The quantitative estimate of drug-likeness (QED) is 0.158. The lowest BCUT2D eigenvalue weighted by atomic mass is 9.93. The molecule has 4 heteroatoms. The van der Waals surface area contributed by atoms with Crippen molar-refractivity contribution in [1.82, 2.24) is 0 Å². The maximum absolute atomic E-state index is 12.6. The summed E-state index contributed by atoms with van der Waals surface area (Å²) in [7, 11) is 1.44. The molecule has 0 amide bonds. The highest BCUT2D eigenvalue weighted by atomic mass is 16.6. The van der Waals surface area contributed by atoms with Gasteiger partial charge in [-0.05, 0) is 31.2 Å². The topological polar surface area (TPSA) is 44.8 Å². The first kappa shape index (κ1) is 28.8. The van der Waals surface area contributed by atoms with Crippen molar-refractivity contribution in [1.29, 1.82) is 0 Å². The second kappa shape index (κ2) is 18.0. The molecule has 1 aliphatic rings. The van der Waals surface area contributed by atoms with Crippen LogP contribution in [0.25, 0.3) is 0 Å². The van der Waals surface area contributed by atoms with Gasteiger partial charge in [0.1, 0.15) is 0 Å². The van der Waals surface area contributed by atoms with E-state index in [2.05, 4.69) is 13.8 Å². The molecule has 2 unspecified atom stereocenters. The highest BCUT2D eigenvalue weighted by Gasteiger charge is 2.34. The van der Waals surface area contributed by atoms with Crippen LogP contribution in [0.1, 0.15) is 128 Å². The lowest BCUT2D eigenvalue weighted by Gasteiger charge is -2.37. The second-order valence-corrected chi connectivity index (χ2v) is 10.0. The maximum atomic E-state index is 12.6. The summed E-state index contributed by atoms with van der Waals surface area (Å²) >= 11 is 0. The third-order valence-electron chi connectivity index (χ3n) is 7.04. The number of methoxy groups -OCH3 is 1. The molecule has 0 saturated carbocycles. The number of ether oxygens (including phenoxy) is 3. The molecule has 0 aliphatic carbocycles. The molecule has 0 radical (unpaired) electrons. The van der Waals surface area contributed by atoms with Crippen molar-refractivity contribution in [2.24, 2.45) is 0 Å². The normalized spacial score (nSPS) is 21.3. The molecule has 34 heavy (non-hydrogen) atoms. The van der Waals surface area contributed by atoms with Gasteiger partial charge in [0, 0.05) is 0 Å². The van der Waals surface area contributed by atoms with Crippen LogP contribution in [0.2, 0.25) is 0 Å². The summed E-state index contributed by atoms with van der Waals surface area (Å²) in [5, 5.41) is 0. The van der Waals surface area contributed by atoms with E-state index in [1.54, 1.807) is 0 Å². The number of hydrogen-bond acceptors (Lipinski definition) is 4. The fourth-order valence-electron chi connectivity index (χ4n) is 5.05. The summed E-state index contributed by atoms with van der Waals surface area (Å²) in [4.78, 5) is 12.6.